The first-order valence-electron chi connectivity index (χ1n) is 9.90. The molecule has 5 rings (SSSR count). The lowest BCUT2D eigenvalue weighted by Gasteiger charge is -2.16. The van der Waals surface area contributed by atoms with Crippen molar-refractivity contribution in [3.8, 4) is 0 Å². The van der Waals surface area contributed by atoms with Crippen LogP contribution in [0.1, 0.15) is 39.9 Å². The number of aryl methyl sites for hydroxylation is 2. The highest BCUT2D eigenvalue weighted by molar-refractivity contribution is 6.10. The third-order valence-corrected chi connectivity index (χ3v) is 5.86. The molecule has 0 unspecified atom stereocenters. The third-order valence-electron chi connectivity index (χ3n) is 5.86. The normalized spacial score (nSPS) is 15.4. The smallest absolute Gasteiger partial charge is 0.255 e. The molecule has 4 heteroatoms. The summed E-state index contributed by atoms with van der Waals surface area (Å²) in [5.74, 6) is 0.0797. The van der Waals surface area contributed by atoms with Gasteiger partial charge in [-0.3, -0.25) is 9.59 Å². The van der Waals surface area contributed by atoms with Gasteiger partial charge in [0.25, 0.3) is 5.91 Å². The molecule has 0 atom stereocenters. The summed E-state index contributed by atoms with van der Waals surface area (Å²) >= 11 is 0. The van der Waals surface area contributed by atoms with Crippen molar-refractivity contribution in [1.82, 2.24) is 4.90 Å². The second kappa shape index (κ2) is 6.79. The second-order valence-electron chi connectivity index (χ2n) is 7.69. The van der Waals surface area contributed by atoms with E-state index in [1.54, 1.807) is 0 Å². The minimum absolute atomic E-state index is 0.117. The zero-order chi connectivity index (χ0) is 19.1. The lowest BCUT2D eigenvalue weighted by molar-refractivity contribution is -0.128. The zero-order valence-electron chi connectivity index (χ0n) is 15.7. The molecular formula is C24H22N2O2. The van der Waals surface area contributed by atoms with Gasteiger partial charge < -0.3 is 10.2 Å². The van der Waals surface area contributed by atoms with E-state index < -0.39 is 0 Å². The molecule has 2 aliphatic rings. The number of carbonyl (C=O) groups excluding carboxylic acids is 2. The number of carbonyl (C=O) groups is 2. The van der Waals surface area contributed by atoms with E-state index in [9.17, 15) is 9.59 Å². The van der Waals surface area contributed by atoms with Gasteiger partial charge in [-0.2, -0.15) is 0 Å². The van der Waals surface area contributed by atoms with Crippen LogP contribution in [0.4, 0.5) is 5.69 Å². The van der Waals surface area contributed by atoms with Crippen LogP contribution in [0.2, 0.25) is 0 Å². The van der Waals surface area contributed by atoms with Gasteiger partial charge in [-0.25, -0.2) is 0 Å². The Balaban J connectivity index is 1.40. The summed E-state index contributed by atoms with van der Waals surface area (Å²) in [6.45, 7) is 1.37. The third kappa shape index (κ3) is 2.95. The largest absolute Gasteiger partial charge is 0.338 e. The second-order valence-corrected chi connectivity index (χ2v) is 7.69. The number of nitrogens with zero attached hydrogens (tertiary/aromatic N) is 1. The molecule has 0 bridgehead atoms. The molecule has 1 N–H and O–H groups in total. The first-order chi connectivity index (χ1) is 13.7. The molecule has 1 aliphatic carbocycles. The SMILES string of the molecule is O=C(Nc1ccc2c3c(cccc13)CC2)c1cccc(CN2CCCC2=O)c1. The number of benzene rings is 3. The highest BCUT2D eigenvalue weighted by Gasteiger charge is 2.21. The van der Waals surface area contributed by atoms with Crippen molar-refractivity contribution in [3.63, 3.8) is 0 Å². The predicted molar refractivity (Wildman–Crippen MR) is 110 cm³/mol. The van der Waals surface area contributed by atoms with Gasteiger partial charge in [0, 0.05) is 36.1 Å². The van der Waals surface area contributed by atoms with E-state index in [2.05, 4.69) is 29.6 Å². The molecule has 3 aromatic carbocycles. The summed E-state index contributed by atoms with van der Waals surface area (Å²) in [6.07, 6.45) is 3.69. The number of amides is 2. The van der Waals surface area contributed by atoms with Crippen LogP contribution < -0.4 is 5.32 Å². The van der Waals surface area contributed by atoms with Gasteiger partial charge in [0.2, 0.25) is 5.91 Å². The molecule has 0 aromatic heterocycles. The average Bonchev–Trinajstić information content (AvgIpc) is 3.32. The molecule has 1 saturated heterocycles. The van der Waals surface area contributed by atoms with Gasteiger partial charge in [0.15, 0.2) is 0 Å². The molecule has 1 aliphatic heterocycles. The summed E-state index contributed by atoms with van der Waals surface area (Å²) in [6, 6.07) is 18.0. The fraction of sp³-hybridized carbons (Fsp3) is 0.250. The minimum atomic E-state index is -0.117. The van der Waals surface area contributed by atoms with Crippen molar-refractivity contribution in [2.75, 3.05) is 11.9 Å². The monoisotopic (exact) mass is 370 g/mol. The lowest BCUT2D eigenvalue weighted by atomic mass is 10.0. The van der Waals surface area contributed by atoms with E-state index in [1.165, 1.54) is 16.5 Å². The highest BCUT2D eigenvalue weighted by atomic mass is 16.2. The summed E-state index contributed by atoms with van der Waals surface area (Å²) in [5.41, 5.74) is 5.19. The minimum Gasteiger partial charge on any atom is -0.338 e. The zero-order valence-corrected chi connectivity index (χ0v) is 15.7. The Morgan fingerprint density at radius 2 is 1.79 bits per heavy atom. The van der Waals surface area contributed by atoms with Crippen molar-refractivity contribution < 1.29 is 9.59 Å². The van der Waals surface area contributed by atoms with Gasteiger partial charge in [-0.15, -0.1) is 0 Å². The Morgan fingerprint density at radius 1 is 0.964 bits per heavy atom. The Bertz CT molecular complexity index is 1090. The lowest BCUT2D eigenvalue weighted by Crippen LogP contribution is -2.24. The molecule has 28 heavy (non-hydrogen) atoms. The molecular weight excluding hydrogens is 348 g/mol. The van der Waals surface area contributed by atoms with Crippen molar-refractivity contribution in [1.29, 1.82) is 0 Å². The number of rotatable bonds is 4. The Kier molecular flexibility index (Phi) is 4.12. The first-order valence-corrected chi connectivity index (χ1v) is 9.90. The molecule has 0 spiro atoms. The van der Waals surface area contributed by atoms with Crippen molar-refractivity contribution in [2.24, 2.45) is 0 Å². The van der Waals surface area contributed by atoms with Gasteiger partial charge in [-0.05, 0) is 59.5 Å². The molecule has 3 aromatic rings. The fourth-order valence-corrected chi connectivity index (χ4v) is 4.45. The van der Waals surface area contributed by atoms with Crippen LogP contribution >= 0.6 is 0 Å². The maximum Gasteiger partial charge on any atom is 0.255 e. The number of nitrogens with one attached hydrogen (secondary N) is 1. The van der Waals surface area contributed by atoms with Crippen LogP contribution in [-0.4, -0.2) is 23.3 Å². The van der Waals surface area contributed by atoms with Gasteiger partial charge >= 0.3 is 0 Å². The van der Waals surface area contributed by atoms with E-state index in [-0.39, 0.29) is 11.8 Å². The van der Waals surface area contributed by atoms with Gasteiger partial charge in [-0.1, -0.05) is 36.4 Å². The van der Waals surface area contributed by atoms with Crippen molar-refractivity contribution >= 4 is 28.3 Å². The standard InChI is InChI=1S/C24H22N2O2/c27-22-8-3-13-26(22)15-16-4-1-6-19(14-16)24(28)25-21-12-11-18-10-9-17-5-2-7-20(21)23(17)18/h1-2,4-7,11-12,14H,3,8-10,13,15H2,(H,25,28). The molecule has 0 radical (unpaired) electrons. The summed E-state index contributed by atoms with van der Waals surface area (Å²) < 4.78 is 0. The summed E-state index contributed by atoms with van der Waals surface area (Å²) in [7, 11) is 0. The Labute approximate surface area is 164 Å². The van der Waals surface area contributed by atoms with Crippen LogP contribution in [0.25, 0.3) is 10.8 Å². The van der Waals surface area contributed by atoms with Gasteiger partial charge in [0.1, 0.15) is 0 Å². The number of likely N-dealkylation sites (tertiary alicyclic amines) is 1. The number of anilines is 1. The highest BCUT2D eigenvalue weighted by Crippen LogP contribution is 2.35. The van der Waals surface area contributed by atoms with E-state index in [0.717, 1.165) is 42.4 Å². The maximum absolute atomic E-state index is 12.9. The first kappa shape index (κ1) is 17.0. The van der Waals surface area contributed by atoms with Crippen LogP contribution in [0.15, 0.2) is 54.6 Å². The topological polar surface area (TPSA) is 49.4 Å². The van der Waals surface area contributed by atoms with Gasteiger partial charge in [0.05, 0.1) is 0 Å². The van der Waals surface area contributed by atoms with E-state index in [4.69, 9.17) is 0 Å². The predicted octanol–water partition coefficient (Wildman–Crippen LogP) is 4.31. The van der Waals surface area contributed by atoms with E-state index in [0.29, 0.717) is 18.5 Å². The van der Waals surface area contributed by atoms with E-state index in [1.807, 2.05) is 35.2 Å². The molecule has 140 valence electrons. The fourth-order valence-electron chi connectivity index (χ4n) is 4.45. The molecule has 2 amide bonds. The van der Waals surface area contributed by atoms with Crippen molar-refractivity contribution in [2.45, 2.75) is 32.2 Å². The van der Waals surface area contributed by atoms with Crippen LogP contribution in [0.3, 0.4) is 0 Å². The molecule has 1 fully saturated rings. The molecule has 1 heterocycles. The molecule has 0 saturated carbocycles. The molecule has 4 nitrogen and oxygen atoms in total. The number of hydrogen-bond donors (Lipinski definition) is 1. The Morgan fingerprint density at radius 3 is 2.61 bits per heavy atom. The summed E-state index contributed by atoms with van der Waals surface area (Å²) in [4.78, 5) is 26.6. The van der Waals surface area contributed by atoms with Crippen LogP contribution in [-0.2, 0) is 24.2 Å². The quantitative estimate of drug-likeness (QED) is 0.744. The number of hydrogen-bond acceptors (Lipinski definition) is 2. The maximum atomic E-state index is 12.9. The summed E-state index contributed by atoms with van der Waals surface area (Å²) in [5, 5.41) is 5.50. The van der Waals surface area contributed by atoms with Crippen LogP contribution in [0.5, 0.6) is 0 Å². The van der Waals surface area contributed by atoms with E-state index >= 15 is 0 Å². The van der Waals surface area contributed by atoms with Crippen molar-refractivity contribution in [3.05, 3.63) is 76.9 Å². The Hall–Kier alpha value is -3.14. The average molecular weight is 370 g/mol. The van der Waals surface area contributed by atoms with Crippen LogP contribution in [0, 0.1) is 0 Å².